The van der Waals surface area contributed by atoms with Gasteiger partial charge in [-0.15, -0.1) is 0 Å². The van der Waals surface area contributed by atoms with Gasteiger partial charge in [0, 0.05) is 17.0 Å². The first-order valence-corrected chi connectivity index (χ1v) is 6.98. The molecule has 1 aromatic rings. The Labute approximate surface area is 113 Å². The molecule has 0 atom stereocenters. The van der Waals surface area contributed by atoms with Crippen LogP contribution in [0.25, 0.3) is 0 Å². The van der Waals surface area contributed by atoms with Crippen molar-refractivity contribution in [3.63, 3.8) is 0 Å². The van der Waals surface area contributed by atoms with Gasteiger partial charge in [0.05, 0.1) is 12.7 Å². The molecular weight excluding hydrogens is 246 g/mol. The molecule has 0 spiro atoms. The predicted octanol–water partition coefficient (Wildman–Crippen LogP) is 2.96. The van der Waals surface area contributed by atoms with Gasteiger partial charge in [0.2, 0.25) is 0 Å². The summed E-state index contributed by atoms with van der Waals surface area (Å²) in [5, 5.41) is 2.91. The van der Waals surface area contributed by atoms with Gasteiger partial charge in [-0.3, -0.25) is 4.79 Å². The molecule has 0 fully saturated rings. The molecule has 0 aliphatic heterocycles. The summed E-state index contributed by atoms with van der Waals surface area (Å²) in [6.45, 7) is 7.16. The van der Waals surface area contributed by atoms with E-state index in [0.717, 1.165) is 5.75 Å². The van der Waals surface area contributed by atoms with Gasteiger partial charge >= 0.3 is 0 Å². The van der Waals surface area contributed by atoms with Crippen molar-refractivity contribution in [1.82, 2.24) is 5.32 Å². The van der Waals surface area contributed by atoms with Gasteiger partial charge in [0.25, 0.3) is 5.91 Å². The molecule has 0 saturated heterocycles. The summed E-state index contributed by atoms with van der Waals surface area (Å²) in [6.07, 6.45) is 0. The maximum atomic E-state index is 11.9. The lowest BCUT2D eigenvalue weighted by molar-refractivity contribution is 0.0953. The number of para-hydroxylation sites is 1. The Morgan fingerprint density at radius 1 is 1.33 bits per heavy atom. The standard InChI is InChI=1S/C14H21NO2S/c1-14(2,3)18-10-9-15-13(16)11-7-5-6-8-12(11)17-4/h5-8H,9-10H2,1-4H3,(H,15,16). The van der Waals surface area contributed by atoms with Crippen molar-refractivity contribution in [3.8, 4) is 5.75 Å². The molecule has 0 aliphatic rings. The largest absolute Gasteiger partial charge is 0.496 e. The van der Waals surface area contributed by atoms with E-state index >= 15 is 0 Å². The van der Waals surface area contributed by atoms with E-state index in [1.54, 1.807) is 19.2 Å². The second-order valence-electron chi connectivity index (χ2n) is 4.92. The Morgan fingerprint density at radius 3 is 2.61 bits per heavy atom. The van der Waals surface area contributed by atoms with Crippen molar-refractivity contribution in [1.29, 1.82) is 0 Å². The zero-order valence-electron chi connectivity index (χ0n) is 11.4. The average Bonchev–Trinajstić information content (AvgIpc) is 2.33. The minimum absolute atomic E-state index is 0.0815. The lowest BCUT2D eigenvalue weighted by Gasteiger charge is -2.17. The molecule has 0 radical (unpaired) electrons. The van der Waals surface area contributed by atoms with E-state index in [4.69, 9.17) is 4.74 Å². The zero-order valence-corrected chi connectivity index (χ0v) is 12.3. The second-order valence-corrected chi connectivity index (χ2v) is 6.84. The molecule has 0 bridgehead atoms. The van der Waals surface area contributed by atoms with Crippen LogP contribution in [0.4, 0.5) is 0 Å². The van der Waals surface area contributed by atoms with Gasteiger partial charge in [-0.2, -0.15) is 11.8 Å². The first kappa shape index (κ1) is 14.9. The summed E-state index contributed by atoms with van der Waals surface area (Å²) in [4.78, 5) is 11.9. The van der Waals surface area contributed by atoms with Crippen molar-refractivity contribution >= 4 is 17.7 Å². The van der Waals surface area contributed by atoms with Crippen molar-refractivity contribution < 1.29 is 9.53 Å². The number of hydrogen-bond donors (Lipinski definition) is 1. The third kappa shape index (κ3) is 5.00. The van der Waals surface area contributed by atoms with Crippen LogP contribution in [0.1, 0.15) is 31.1 Å². The fraction of sp³-hybridized carbons (Fsp3) is 0.500. The number of hydrogen-bond acceptors (Lipinski definition) is 3. The van der Waals surface area contributed by atoms with Crippen LogP contribution in [0.2, 0.25) is 0 Å². The van der Waals surface area contributed by atoms with E-state index in [0.29, 0.717) is 17.9 Å². The Bertz CT molecular complexity index is 399. The molecule has 0 heterocycles. The van der Waals surface area contributed by atoms with Gasteiger partial charge in [-0.05, 0) is 12.1 Å². The first-order valence-electron chi connectivity index (χ1n) is 5.99. The number of nitrogens with one attached hydrogen (secondary N) is 1. The average molecular weight is 267 g/mol. The van der Waals surface area contributed by atoms with Gasteiger partial charge in [-0.25, -0.2) is 0 Å². The van der Waals surface area contributed by atoms with Crippen LogP contribution in [0.3, 0.4) is 0 Å². The molecule has 0 unspecified atom stereocenters. The minimum Gasteiger partial charge on any atom is -0.496 e. The zero-order chi connectivity index (χ0) is 13.6. The number of carbonyl (C=O) groups excluding carboxylic acids is 1. The number of benzene rings is 1. The molecule has 0 saturated carbocycles. The first-order chi connectivity index (χ1) is 8.44. The molecule has 4 heteroatoms. The topological polar surface area (TPSA) is 38.3 Å². The lowest BCUT2D eigenvalue weighted by Crippen LogP contribution is -2.27. The quantitative estimate of drug-likeness (QED) is 0.834. The molecule has 0 aromatic heterocycles. The van der Waals surface area contributed by atoms with E-state index in [-0.39, 0.29) is 10.7 Å². The molecule has 1 N–H and O–H groups in total. The molecule has 18 heavy (non-hydrogen) atoms. The van der Waals surface area contributed by atoms with Crippen LogP contribution in [0.5, 0.6) is 5.75 Å². The van der Waals surface area contributed by atoms with Crippen molar-refractivity contribution in [3.05, 3.63) is 29.8 Å². The SMILES string of the molecule is COc1ccccc1C(=O)NCCSC(C)(C)C. The summed E-state index contributed by atoms with van der Waals surface area (Å²) in [7, 11) is 1.57. The van der Waals surface area contributed by atoms with Crippen molar-refractivity contribution in [2.24, 2.45) is 0 Å². The fourth-order valence-corrected chi connectivity index (χ4v) is 2.27. The Balaban J connectivity index is 2.46. The number of carbonyl (C=O) groups is 1. The summed E-state index contributed by atoms with van der Waals surface area (Å²) in [5.74, 6) is 1.44. The molecule has 1 amide bonds. The number of methoxy groups -OCH3 is 1. The van der Waals surface area contributed by atoms with Gasteiger partial charge in [-0.1, -0.05) is 32.9 Å². The van der Waals surface area contributed by atoms with Crippen molar-refractivity contribution in [2.75, 3.05) is 19.4 Å². The second kappa shape index (κ2) is 6.69. The van der Waals surface area contributed by atoms with E-state index in [2.05, 4.69) is 26.1 Å². The maximum absolute atomic E-state index is 11.9. The van der Waals surface area contributed by atoms with Gasteiger partial charge in [0.15, 0.2) is 0 Å². The van der Waals surface area contributed by atoms with E-state index in [9.17, 15) is 4.79 Å². The highest BCUT2D eigenvalue weighted by molar-refractivity contribution is 8.00. The molecule has 0 aliphatic carbocycles. The Morgan fingerprint density at radius 2 is 2.00 bits per heavy atom. The Kier molecular flexibility index (Phi) is 5.54. The van der Waals surface area contributed by atoms with Crippen LogP contribution in [0.15, 0.2) is 24.3 Å². The predicted molar refractivity (Wildman–Crippen MR) is 77.5 cm³/mol. The van der Waals surface area contributed by atoms with Crippen LogP contribution in [-0.4, -0.2) is 30.1 Å². The van der Waals surface area contributed by atoms with E-state index in [1.807, 2.05) is 23.9 Å². The summed E-state index contributed by atoms with van der Waals surface area (Å²) in [6, 6.07) is 7.25. The molecule has 1 aromatic carbocycles. The highest BCUT2D eigenvalue weighted by Gasteiger charge is 2.12. The van der Waals surface area contributed by atoms with Gasteiger partial charge < -0.3 is 10.1 Å². The normalized spacial score (nSPS) is 11.1. The maximum Gasteiger partial charge on any atom is 0.255 e. The van der Waals surface area contributed by atoms with E-state index in [1.165, 1.54) is 0 Å². The van der Waals surface area contributed by atoms with Crippen LogP contribution in [-0.2, 0) is 0 Å². The van der Waals surface area contributed by atoms with Crippen LogP contribution in [0, 0.1) is 0 Å². The lowest BCUT2D eigenvalue weighted by atomic mass is 10.2. The summed E-state index contributed by atoms with van der Waals surface area (Å²) >= 11 is 1.83. The fourth-order valence-electron chi connectivity index (χ4n) is 1.45. The molecule has 3 nitrogen and oxygen atoms in total. The van der Waals surface area contributed by atoms with E-state index < -0.39 is 0 Å². The monoisotopic (exact) mass is 267 g/mol. The summed E-state index contributed by atoms with van der Waals surface area (Å²) < 4.78 is 5.39. The molecule has 1 rings (SSSR count). The van der Waals surface area contributed by atoms with Gasteiger partial charge in [0.1, 0.15) is 5.75 Å². The number of thioether (sulfide) groups is 1. The van der Waals surface area contributed by atoms with Crippen LogP contribution < -0.4 is 10.1 Å². The third-order valence-electron chi connectivity index (χ3n) is 2.27. The highest BCUT2D eigenvalue weighted by atomic mass is 32.2. The number of rotatable bonds is 5. The summed E-state index contributed by atoms with van der Waals surface area (Å²) in [5.41, 5.74) is 0.584. The van der Waals surface area contributed by atoms with Crippen LogP contribution >= 0.6 is 11.8 Å². The third-order valence-corrected chi connectivity index (χ3v) is 3.55. The van der Waals surface area contributed by atoms with Crippen molar-refractivity contribution in [2.45, 2.75) is 25.5 Å². The number of ether oxygens (including phenoxy) is 1. The highest BCUT2D eigenvalue weighted by Crippen LogP contribution is 2.22. The number of amides is 1. The Hall–Kier alpha value is -1.16. The molecule has 100 valence electrons. The minimum atomic E-state index is -0.0815. The molecular formula is C14H21NO2S. The smallest absolute Gasteiger partial charge is 0.255 e.